The van der Waals surface area contributed by atoms with E-state index >= 15 is 0 Å². The van der Waals surface area contributed by atoms with Crippen molar-refractivity contribution in [1.82, 2.24) is 0 Å². The Hall–Kier alpha value is -1.40. The second kappa shape index (κ2) is 3.55. The Bertz CT molecular complexity index is 341. The summed E-state index contributed by atoms with van der Waals surface area (Å²) in [7, 11) is 0. The zero-order valence-corrected chi connectivity index (χ0v) is 7.29. The highest BCUT2D eigenvalue weighted by Gasteiger charge is 2.19. The van der Waals surface area contributed by atoms with Crippen LogP contribution in [-0.4, -0.2) is 10.7 Å². The predicted molar refractivity (Wildman–Crippen MR) is 46.3 cm³/mol. The topological polar surface area (TPSA) is 44.0 Å². The maximum atomic E-state index is 12.7. The van der Waals surface area contributed by atoms with Crippen LogP contribution in [0.1, 0.15) is 12.5 Å². The number of rotatable bonds is 2. The Kier molecular flexibility index (Phi) is 2.64. The summed E-state index contributed by atoms with van der Waals surface area (Å²) in [5.41, 5.74) is -0.806. The van der Waals surface area contributed by atoms with Gasteiger partial charge in [-0.2, -0.15) is 5.26 Å². The monoisotopic (exact) mass is 179 g/mol. The number of halogens is 1. The maximum Gasteiger partial charge on any atom is 0.152 e. The molecule has 0 saturated heterocycles. The summed E-state index contributed by atoms with van der Waals surface area (Å²) in [5, 5.41) is 17.9. The van der Waals surface area contributed by atoms with E-state index in [1.165, 1.54) is 19.1 Å². The third kappa shape index (κ3) is 2.85. The van der Waals surface area contributed by atoms with E-state index in [9.17, 15) is 9.50 Å². The van der Waals surface area contributed by atoms with Crippen LogP contribution in [-0.2, 0) is 6.42 Å². The Morgan fingerprint density at radius 3 is 2.85 bits per heavy atom. The van der Waals surface area contributed by atoms with Gasteiger partial charge in [0, 0.05) is 6.42 Å². The first kappa shape index (κ1) is 9.69. The Morgan fingerprint density at radius 2 is 2.31 bits per heavy atom. The lowest BCUT2D eigenvalue weighted by Gasteiger charge is -2.13. The first-order valence-corrected chi connectivity index (χ1v) is 3.91. The third-order valence-electron chi connectivity index (χ3n) is 1.68. The fraction of sp³-hybridized carbons (Fsp3) is 0.300. The Morgan fingerprint density at radius 1 is 1.62 bits per heavy atom. The van der Waals surface area contributed by atoms with E-state index in [4.69, 9.17) is 5.26 Å². The third-order valence-corrected chi connectivity index (χ3v) is 1.68. The molecule has 0 aromatic heterocycles. The van der Waals surface area contributed by atoms with Crippen molar-refractivity contribution < 1.29 is 9.50 Å². The van der Waals surface area contributed by atoms with Crippen LogP contribution >= 0.6 is 0 Å². The number of nitrogens with zero attached hydrogens (tertiary/aromatic N) is 1. The highest BCUT2D eigenvalue weighted by Crippen LogP contribution is 2.12. The fourth-order valence-corrected chi connectivity index (χ4v) is 1.08. The van der Waals surface area contributed by atoms with Crippen molar-refractivity contribution in [1.29, 1.82) is 5.26 Å². The SMILES string of the molecule is CC(O)(C#N)Cc1cccc(F)c1. The first-order valence-electron chi connectivity index (χ1n) is 3.91. The Labute approximate surface area is 76.2 Å². The molecular weight excluding hydrogens is 169 g/mol. The molecule has 1 rings (SSSR count). The second-order valence-electron chi connectivity index (χ2n) is 3.19. The van der Waals surface area contributed by atoms with E-state index in [1.807, 2.05) is 0 Å². The van der Waals surface area contributed by atoms with Crippen molar-refractivity contribution in [2.45, 2.75) is 18.9 Å². The van der Waals surface area contributed by atoms with Gasteiger partial charge in [-0.15, -0.1) is 0 Å². The number of aliphatic hydroxyl groups is 1. The minimum absolute atomic E-state index is 0.140. The van der Waals surface area contributed by atoms with Crippen molar-refractivity contribution >= 4 is 0 Å². The summed E-state index contributed by atoms with van der Waals surface area (Å²) in [6.07, 6.45) is 0.140. The zero-order chi connectivity index (χ0) is 9.90. The average Bonchev–Trinajstić information content (AvgIpc) is 2.03. The Balaban J connectivity index is 2.82. The van der Waals surface area contributed by atoms with Gasteiger partial charge in [0.2, 0.25) is 0 Å². The van der Waals surface area contributed by atoms with Gasteiger partial charge in [-0.3, -0.25) is 0 Å². The smallest absolute Gasteiger partial charge is 0.152 e. The predicted octanol–water partition coefficient (Wildman–Crippen LogP) is 1.64. The van der Waals surface area contributed by atoms with Crippen LogP contribution in [0.15, 0.2) is 24.3 Å². The molecular formula is C10H10FNO. The molecule has 0 spiro atoms. The minimum atomic E-state index is -1.42. The molecule has 1 N–H and O–H groups in total. The molecule has 68 valence electrons. The van der Waals surface area contributed by atoms with E-state index in [-0.39, 0.29) is 12.2 Å². The second-order valence-corrected chi connectivity index (χ2v) is 3.19. The largest absolute Gasteiger partial charge is 0.375 e. The number of hydrogen-bond donors (Lipinski definition) is 1. The average molecular weight is 179 g/mol. The van der Waals surface area contributed by atoms with Gasteiger partial charge in [0.1, 0.15) is 5.82 Å². The van der Waals surface area contributed by atoms with Gasteiger partial charge >= 0.3 is 0 Å². The standard InChI is InChI=1S/C10H10FNO/c1-10(13,7-12)6-8-3-2-4-9(11)5-8/h2-5,13H,6H2,1H3. The summed E-state index contributed by atoms with van der Waals surface area (Å²) in [5.74, 6) is -0.355. The molecule has 0 saturated carbocycles. The lowest BCUT2D eigenvalue weighted by atomic mass is 9.98. The van der Waals surface area contributed by atoms with Crippen molar-refractivity contribution in [2.24, 2.45) is 0 Å². The normalized spacial score (nSPS) is 14.6. The van der Waals surface area contributed by atoms with Crippen LogP contribution < -0.4 is 0 Å². The summed E-state index contributed by atoms with van der Waals surface area (Å²) >= 11 is 0. The number of benzene rings is 1. The van der Waals surface area contributed by atoms with Crippen LogP contribution in [0, 0.1) is 17.1 Å². The molecule has 0 fully saturated rings. The molecule has 13 heavy (non-hydrogen) atoms. The van der Waals surface area contributed by atoms with Gasteiger partial charge in [-0.25, -0.2) is 4.39 Å². The molecule has 1 atom stereocenters. The van der Waals surface area contributed by atoms with Gasteiger partial charge in [-0.1, -0.05) is 12.1 Å². The maximum absolute atomic E-state index is 12.7. The van der Waals surface area contributed by atoms with Crippen LogP contribution in [0.3, 0.4) is 0 Å². The van der Waals surface area contributed by atoms with E-state index in [0.717, 1.165) is 0 Å². The summed E-state index contributed by atoms with van der Waals surface area (Å²) < 4.78 is 12.7. The zero-order valence-electron chi connectivity index (χ0n) is 7.29. The molecule has 3 heteroatoms. The van der Waals surface area contributed by atoms with Crippen LogP contribution in [0.4, 0.5) is 4.39 Å². The molecule has 0 amide bonds. The van der Waals surface area contributed by atoms with E-state index in [0.29, 0.717) is 5.56 Å². The van der Waals surface area contributed by atoms with Crippen molar-refractivity contribution in [2.75, 3.05) is 0 Å². The molecule has 0 heterocycles. The van der Waals surface area contributed by atoms with E-state index in [1.54, 1.807) is 18.2 Å². The first-order chi connectivity index (χ1) is 6.03. The van der Waals surface area contributed by atoms with Crippen molar-refractivity contribution in [3.8, 4) is 6.07 Å². The van der Waals surface area contributed by atoms with Gasteiger partial charge in [-0.05, 0) is 24.6 Å². The van der Waals surface area contributed by atoms with Crippen LogP contribution in [0.2, 0.25) is 0 Å². The van der Waals surface area contributed by atoms with Crippen LogP contribution in [0.25, 0.3) is 0 Å². The van der Waals surface area contributed by atoms with Gasteiger partial charge in [0.25, 0.3) is 0 Å². The fourth-order valence-electron chi connectivity index (χ4n) is 1.08. The highest BCUT2D eigenvalue weighted by atomic mass is 19.1. The summed E-state index contributed by atoms with van der Waals surface area (Å²) in [6.45, 7) is 1.40. The number of nitriles is 1. The van der Waals surface area contributed by atoms with Gasteiger partial charge < -0.3 is 5.11 Å². The minimum Gasteiger partial charge on any atom is -0.375 e. The number of hydrogen-bond acceptors (Lipinski definition) is 2. The van der Waals surface area contributed by atoms with Crippen LogP contribution in [0.5, 0.6) is 0 Å². The van der Waals surface area contributed by atoms with E-state index in [2.05, 4.69) is 0 Å². The van der Waals surface area contributed by atoms with E-state index < -0.39 is 5.60 Å². The summed E-state index contributed by atoms with van der Waals surface area (Å²) in [4.78, 5) is 0. The lowest BCUT2D eigenvalue weighted by molar-refractivity contribution is 0.120. The molecule has 1 aromatic carbocycles. The molecule has 1 unspecified atom stereocenters. The highest BCUT2D eigenvalue weighted by molar-refractivity contribution is 5.20. The molecule has 0 aliphatic carbocycles. The molecule has 0 radical (unpaired) electrons. The molecule has 0 bridgehead atoms. The van der Waals surface area contributed by atoms with Crippen molar-refractivity contribution in [3.63, 3.8) is 0 Å². The molecule has 0 aliphatic heterocycles. The molecule has 2 nitrogen and oxygen atoms in total. The quantitative estimate of drug-likeness (QED) is 0.701. The lowest BCUT2D eigenvalue weighted by Crippen LogP contribution is -2.24. The van der Waals surface area contributed by atoms with Gasteiger partial charge in [0.15, 0.2) is 5.60 Å². The van der Waals surface area contributed by atoms with Gasteiger partial charge in [0.05, 0.1) is 6.07 Å². The molecule has 0 aliphatic rings. The summed E-state index contributed by atoms with van der Waals surface area (Å²) in [6, 6.07) is 7.61. The van der Waals surface area contributed by atoms with Crippen molar-refractivity contribution in [3.05, 3.63) is 35.6 Å². The molecule has 1 aromatic rings.